The van der Waals surface area contributed by atoms with Crippen molar-refractivity contribution >= 4 is 32.5 Å². The number of methoxy groups -OCH3 is 2. The minimum atomic E-state index is -4.09. The number of hydrogen-bond donors (Lipinski definition) is 1. The van der Waals surface area contributed by atoms with Crippen molar-refractivity contribution in [3.05, 3.63) is 65.2 Å². The van der Waals surface area contributed by atoms with E-state index in [0.717, 1.165) is 21.7 Å². The molecule has 1 heterocycles. The molecule has 2 aromatic carbocycles. The number of nitrogens with zero attached hydrogens (tertiary/aromatic N) is 2. The van der Waals surface area contributed by atoms with Gasteiger partial charge in [0, 0.05) is 23.2 Å². The number of aromatic carboxylic acids is 1. The van der Waals surface area contributed by atoms with E-state index in [1.165, 1.54) is 38.6 Å². The molecule has 1 aromatic heterocycles. The molecule has 0 unspecified atom stereocenters. The maximum absolute atomic E-state index is 13.4. The van der Waals surface area contributed by atoms with Crippen molar-refractivity contribution in [1.29, 1.82) is 0 Å². The first kappa shape index (κ1) is 20.6. The number of sulfonamides is 1. The lowest BCUT2D eigenvalue weighted by molar-refractivity contribution is 0.0696. The third-order valence-electron chi connectivity index (χ3n) is 4.11. The molecule has 0 aliphatic carbocycles. The highest BCUT2D eigenvalue weighted by Crippen LogP contribution is 2.32. The molecule has 0 spiro atoms. The van der Waals surface area contributed by atoms with Crippen LogP contribution >= 0.6 is 11.3 Å². The Hall–Kier alpha value is -3.11. The number of carboxylic acid groups (broad SMARTS) is 1. The molecule has 0 atom stereocenters. The molecule has 3 rings (SSSR count). The molecule has 0 aliphatic heterocycles. The van der Waals surface area contributed by atoms with E-state index in [1.54, 1.807) is 23.6 Å². The molecule has 29 heavy (non-hydrogen) atoms. The molecule has 0 amide bonds. The molecule has 0 bridgehead atoms. The van der Waals surface area contributed by atoms with Crippen LogP contribution in [-0.4, -0.2) is 38.7 Å². The Morgan fingerprint density at radius 3 is 2.59 bits per heavy atom. The lowest BCUT2D eigenvalue weighted by atomic mass is 10.2. The summed E-state index contributed by atoms with van der Waals surface area (Å²) in [6.45, 7) is -0.0552. The first-order valence-electron chi connectivity index (χ1n) is 8.33. The standard InChI is InChI=1S/C19H18N2O6S2/c1-26-15-7-6-14(17(11-15)27-2)12-21(19-20-8-9-28-19)29(24,25)16-5-3-4-13(10-16)18(22)23/h3-11H,12H2,1-2H3,(H,22,23). The minimum Gasteiger partial charge on any atom is -0.497 e. The highest BCUT2D eigenvalue weighted by molar-refractivity contribution is 7.93. The van der Waals surface area contributed by atoms with Crippen LogP contribution in [0.5, 0.6) is 11.5 Å². The van der Waals surface area contributed by atoms with Gasteiger partial charge in [0.25, 0.3) is 10.0 Å². The minimum absolute atomic E-state index is 0.0552. The van der Waals surface area contributed by atoms with Crippen LogP contribution in [0.25, 0.3) is 0 Å². The van der Waals surface area contributed by atoms with Crippen LogP contribution in [-0.2, 0) is 16.6 Å². The summed E-state index contributed by atoms with van der Waals surface area (Å²) in [6, 6.07) is 10.3. The van der Waals surface area contributed by atoms with E-state index in [9.17, 15) is 18.3 Å². The zero-order valence-corrected chi connectivity index (χ0v) is 17.2. The van der Waals surface area contributed by atoms with E-state index in [2.05, 4.69) is 4.98 Å². The summed E-state index contributed by atoms with van der Waals surface area (Å²) < 4.78 is 38.4. The van der Waals surface area contributed by atoms with Crippen molar-refractivity contribution in [2.75, 3.05) is 18.5 Å². The van der Waals surface area contributed by atoms with Crippen molar-refractivity contribution in [2.24, 2.45) is 0 Å². The number of hydrogen-bond acceptors (Lipinski definition) is 7. The van der Waals surface area contributed by atoms with Gasteiger partial charge in [0.2, 0.25) is 0 Å². The second-order valence-electron chi connectivity index (χ2n) is 5.84. The number of aromatic nitrogens is 1. The number of rotatable bonds is 8. The number of ether oxygens (including phenoxy) is 2. The van der Waals surface area contributed by atoms with Gasteiger partial charge in [-0.1, -0.05) is 6.07 Å². The first-order chi connectivity index (χ1) is 13.9. The van der Waals surface area contributed by atoms with Crippen LogP contribution in [0.15, 0.2) is 58.9 Å². The quantitative estimate of drug-likeness (QED) is 0.580. The molecule has 8 nitrogen and oxygen atoms in total. The third-order valence-corrected chi connectivity index (χ3v) is 6.75. The molecular formula is C19H18N2O6S2. The molecule has 10 heteroatoms. The van der Waals surface area contributed by atoms with E-state index in [0.29, 0.717) is 17.1 Å². The average molecular weight is 434 g/mol. The lowest BCUT2D eigenvalue weighted by Crippen LogP contribution is -2.30. The number of carbonyl (C=O) groups is 1. The molecule has 0 radical (unpaired) electrons. The maximum Gasteiger partial charge on any atom is 0.335 e. The van der Waals surface area contributed by atoms with Gasteiger partial charge in [0.15, 0.2) is 5.13 Å². The fourth-order valence-corrected chi connectivity index (χ4v) is 4.96. The van der Waals surface area contributed by atoms with E-state index in [4.69, 9.17) is 9.47 Å². The van der Waals surface area contributed by atoms with Crippen molar-refractivity contribution < 1.29 is 27.8 Å². The topological polar surface area (TPSA) is 106 Å². The summed E-state index contributed by atoms with van der Waals surface area (Å²) in [7, 11) is -1.08. The first-order valence-corrected chi connectivity index (χ1v) is 10.6. The predicted octanol–water partition coefficient (Wildman–Crippen LogP) is 3.25. The van der Waals surface area contributed by atoms with E-state index in [-0.39, 0.29) is 22.1 Å². The Kier molecular flexibility index (Phi) is 6.04. The van der Waals surface area contributed by atoms with Gasteiger partial charge in [-0.05, 0) is 30.3 Å². The van der Waals surface area contributed by atoms with Crippen LogP contribution in [0.3, 0.4) is 0 Å². The van der Waals surface area contributed by atoms with Gasteiger partial charge in [-0.2, -0.15) is 0 Å². The number of carboxylic acids is 1. The van der Waals surface area contributed by atoms with Gasteiger partial charge < -0.3 is 14.6 Å². The van der Waals surface area contributed by atoms with E-state index >= 15 is 0 Å². The van der Waals surface area contributed by atoms with Crippen molar-refractivity contribution in [3.8, 4) is 11.5 Å². The Bertz CT molecular complexity index is 1110. The zero-order chi connectivity index (χ0) is 21.0. The molecule has 0 fully saturated rings. The summed E-state index contributed by atoms with van der Waals surface area (Å²) in [5, 5.41) is 11.1. The lowest BCUT2D eigenvalue weighted by Gasteiger charge is -2.23. The fraction of sp³-hybridized carbons (Fsp3) is 0.158. The van der Waals surface area contributed by atoms with Gasteiger partial charge in [-0.15, -0.1) is 11.3 Å². The molecule has 0 saturated carbocycles. The summed E-state index contributed by atoms with van der Waals surface area (Å²) >= 11 is 1.16. The second-order valence-corrected chi connectivity index (χ2v) is 8.57. The Morgan fingerprint density at radius 1 is 1.17 bits per heavy atom. The fourth-order valence-electron chi connectivity index (χ4n) is 2.65. The third kappa shape index (κ3) is 4.33. The van der Waals surface area contributed by atoms with Gasteiger partial charge in [0.05, 0.1) is 31.2 Å². The van der Waals surface area contributed by atoms with Crippen LogP contribution in [0.2, 0.25) is 0 Å². The van der Waals surface area contributed by atoms with Crippen LogP contribution in [0, 0.1) is 0 Å². The highest BCUT2D eigenvalue weighted by atomic mass is 32.2. The van der Waals surface area contributed by atoms with Crippen LogP contribution < -0.4 is 13.8 Å². The number of thiazole rings is 1. The average Bonchev–Trinajstić information content (AvgIpc) is 3.26. The second kappa shape index (κ2) is 8.50. The molecule has 1 N–H and O–H groups in total. The molecule has 152 valence electrons. The Morgan fingerprint density at radius 2 is 1.97 bits per heavy atom. The van der Waals surface area contributed by atoms with Crippen LogP contribution in [0.4, 0.5) is 5.13 Å². The maximum atomic E-state index is 13.4. The summed E-state index contributed by atoms with van der Waals surface area (Å²) in [5.41, 5.74) is 0.480. The zero-order valence-electron chi connectivity index (χ0n) is 15.6. The monoisotopic (exact) mass is 434 g/mol. The number of benzene rings is 2. The van der Waals surface area contributed by atoms with Crippen molar-refractivity contribution in [3.63, 3.8) is 0 Å². The van der Waals surface area contributed by atoms with E-state index in [1.807, 2.05) is 0 Å². The summed E-state index contributed by atoms with van der Waals surface area (Å²) in [5.74, 6) is -0.177. The summed E-state index contributed by atoms with van der Waals surface area (Å²) in [6.07, 6.45) is 1.50. The normalized spacial score (nSPS) is 11.1. The predicted molar refractivity (Wildman–Crippen MR) is 108 cm³/mol. The molecule has 3 aromatic rings. The van der Waals surface area contributed by atoms with Crippen LogP contribution in [0.1, 0.15) is 15.9 Å². The summed E-state index contributed by atoms with van der Waals surface area (Å²) in [4.78, 5) is 15.3. The molecule has 0 saturated heterocycles. The SMILES string of the molecule is COc1ccc(CN(c2nccs2)S(=O)(=O)c2cccc(C(=O)O)c2)c(OC)c1. The smallest absolute Gasteiger partial charge is 0.335 e. The Labute approximate surface area is 172 Å². The molecule has 0 aliphatic rings. The molecular weight excluding hydrogens is 416 g/mol. The largest absolute Gasteiger partial charge is 0.497 e. The number of anilines is 1. The van der Waals surface area contributed by atoms with Gasteiger partial charge in [0.1, 0.15) is 11.5 Å². The van der Waals surface area contributed by atoms with Crippen molar-refractivity contribution in [1.82, 2.24) is 4.98 Å². The highest BCUT2D eigenvalue weighted by Gasteiger charge is 2.28. The van der Waals surface area contributed by atoms with Gasteiger partial charge >= 0.3 is 5.97 Å². The van der Waals surface area contributed by atoms with Gasteiger partial charge in [-0.25, -0.2) is 22.5 Å². The van der Waals surface area contributed by atoms with Gasteiger partial charge in [-0.3, -0.25) is 0 Å². The Balaban J connectivity index is 2.07. The van der Waals surface area contributed by atoms with Crippen molar-refractivity contribution in [2.45, 2.75) is 11.4 Å². The van der Waals surface area contributed by atoms with E-state index < -0.39 is 16.0 Å².